The second kappa shape index (κ2) is 6.53. The van der Waals surface area contributed by atoms with Gasteiger partial charge in [-0.1, -0.05) is 0 Å². The number of nitro benzene ring substituents is 1. The number of alkyl halides is 2. The topological polar surface area (TPSA) is 92.5 Å². The molecule has 0 saturated heterocycles. The second-order valence-electron chi connectivity index (χ2n) is 3.54. The smallest absolute Gasteiger partial charge is 0.284 e. The summed E-state index contributed by atoms with van der Waals surface area (Å²) in [7, 11) is 0. The van der Waals surface area contributed by atoms with E-state index in [0.29, 0.717) is 0 Å². The third kappa shape index (κ3) is 4.21. The first-order valence-electron chi connectivity index (χ1n) is 5.01. The van der Waals surface area contributed by atoms with E-state index in [2.05, 4.69) is 21.2 Å². The van der Waals surface area contributed by atoms with Crippen molar-refractivity contribution < 1.29 is 23.6 Å². The van der Waals surface area contributed by atoms with Crippen LogP contribution in [0.3, 0.4) is 0 Å². The minimum Gasteiger partial charge on any atom is -0.385 e. The quantitative estimate of drug-likeness (QED) is 0.631. The number of carbonyl (C=O) groups excluding carboxylic acids is 1. The molecule has 1 atom stereocenters. The molecule has 0 aliphatic heterocycles. The molecule has 0 saturated carbocycles. The number of rotatable bonds is 5. The van der Waals surface area contributed by atoms with Gasteiger partial charge in [0.2, 0.25) is 0 Å². The largest absolute Gasteiger partial charge is 0.385 e. The highest BCUT2D eigenvalue weighted by atomic mass is 79.9. The number of aliphatic hydroxyl groups is 1. The number of nitrogens with one attached hydrogen (secondary N) is 1. The van der Waals surface area contributed by atoms with Crippen LogP contribution in [0.15, 0.2) is 22.7 Å². The third-order valence-electron chi connectivity index (χ3n) is 2.17. The Labute approximate surface area is 114 Å². The summed E-state index contributed by atoms with van der Waals surface area (Å²) in [5.41, 5.74) is -0.376. The highest BCUT2D eigenvalue weighted by Gasteiger charge is 2.19. The first kappa shape index (κ1) is 15.4. The van der Waals surface area contributed by atoms with Crippen LogP contribution in [0.5, 0.6) is 0 Å². The predicted molar refractivity (Wildman–Crippen MR) is 65.1 cm³/mol. The Bertz CT molecular complexity index is 498. The van der Waals surface area contributed by atoms with Gasteiger partial charge in [0.15, 0.2) is 0 Å². The normalized spacial score (nSPS) is 12.3. The SMILES string of the molecule is O=C(NCC(O)C(F)F)c1ccc(Br)c([N+](=O)[O-])c1. The fraction of sp³-hybridized carbons (Fsp3) is 0.300. The van der Waals surface area contributed by atoms with Crippen molar-refractivity contribution >= 4 is 27.5 Å². The van der Waals surface area contributed by atoms with Crippen LogP contribution in [-0.2, 0) is 0 Å². The lowest BCUT2D eigenvalue weighted by Gasteiger charge is -2.10. The van der Waals surface area contributed by atoms with Gasteiger partial charge in [-0.3, -0.25) is 14.9 Å². The van der Waals surface area contributed by atoms with Gasteiger partial charge in [0.05, 0.1) is 9.40 Å². The van der Waals surface area contributed by atoms with Gasteiger partial charge in [0, 0.05) is 18.2 Å². The zero-order valence-electron chi connectivity index (χ0n) is 9.35. The van der Waals surface area contributed by atoms with Crippen LogP contribution < -0.4 is 5.32 Å². The summed E-state index contributed by atoms with van der Waals surface area (Å²) in [5, 5.41) is 21.5. The van der Waals surface area contributed by atoms with E-state index < -0.39 is 29.9 Å². The second-order valence-corrected chi connectivity index (χ2v) is 4.39. The number of nitrogens with zero attached hydrogens (tertiary/aromatic N) is 1. The van der Waals surface area contributed by atoms with E-state index in [4.69, 9.17) is 5.11 Å². The number of hydrogen-bond acceptors (Lipinski definition) is 4. The van der Waals surface area contributed by atoms with E-state index in [1.807, 2.05) is 0 Å². The van der Waals surface area contributed by atoms with Gasteiger partial charge in [-0.25, -0.2) is 8.78 Å². The van der Waals surface area contributed by atoms with Crippen molar-refractivity contribution in [2.75, 3.05) is 6.54 Å². The zero-order chi connectivity index (χ0) is 14.6. The summed E-state index contributed by atoms with van der Waals surface area (Å²) < 4.78 is 24.2. The average molecular weight is 339 g/mol. The standard InChI is InChI=1S/C10H9BrF2N2O4/c11-6-2-1-5(3-7(6)15(18)19)10(17)14-4-8(16)9(12)13/h1-3,8-9,16H,4H2,(H,14,17). The molecule has 0 aromatic heterocycles. The van der Waals surface area contributed by atoms with Crippen molar-refractivity contribution in [1.82, 2.24) is 5.32 Å². The fourth-order valence-corrected chi connectivity index (χ4v) is 1.57. The van der Waals surface area contributed by atoms with E-state index in [9.17, 15) is 23.7 Å². The van der Waals surface area contributed by atoms with Gasteiger partial charge in [0.25, 0.3) is 18.0 Å². The van der Waals surface area contributed by atoms with E-state index in [-0.39, 0.29) is 15.7 Å². The van der Waals surface area contributed by atoms with Crippen LogP contribution in [0.2, 0.25) is 0 Å². The molecule has 0 aliphatic carbocycles. The molecule has 0 spiro atoms. The summed E-state index contributed by atoms with van der Waals surface area (Å²) in [5.74, 6) is -0.782. The molecule has 1 rings (SSSR count). The zero-order valence-corrected chi connectivity index (χ0v) is 10.9. The van der Waals surface area contributed by atoms with Gasteiger partial charge < -0.3 is 10.4 Å². The maximum absolute atomic E-state index is 12.0. The maximum Gasteiger partial charge on any atom is 0.284 e. The van der Waals surface area contributed by atoms with Crippen molar-refractivity contribution in [3.05, 3.63) is 38.3 Å². The minimum absolute atomic E-state index is 0.0589. The van der Waals surface area contributed by atoms with E-state index in [1.165, 1.54) is 12.1 Å². The van der Waals surface area contributed by atoms with Gasteiger partial charge in [-0.15, -0.1) is 0 Å². The molecule has 1 aromatic rings. The van der Waals surface area contributed by atoms with E-state index >= 15 is 0 Å². The number of amides is 1. The highest BCUT2D eigenvalue weighted by Crippen LogP contribution is 2.25. The lowest BCUT2D eigenvalue weighted by molar-refractivity contribution is -0.385. The molecular weight excluding hydrogens is 330 g/mol. The summed E-state index contributed by atoms with van der Waals surface area (Å²) in [6, 6.07) is 3.60. The highest BCUT2D eigenvalue weighted by molar-refractivity contribution is 9.10. The molecule has 9 heteroatoms. The lowest BCUT2D eigenvalue weighted by Crippen LogP contribution is -2.35. The molecule has 0 aliphatic rings. The molecular formula is C10H9BrF2N2O4. The first-order valence-corrected chi connectivity index (χ1v) is 5.80. The van der Waals surface area contributed by atoms with Crippen LogP contribution in [0.25, 0.3) is 0 Å². The molecule has 19 heavy (non-hydrogen) atoms. The Hall–Kier alpha value is -1.61. The summed E-state index contributed by atoms with van der Waals surface area (Å²) in [6.07, 6.45) is -4.95. The molecule has 0 bridgehead atoms. The van der Waals surface area contributed by atoms with Crippen molar-refractivity contribution in [3.8, 4) is 0 Å². The van der Waals surface area contributed by atoms with Crippen molar-refractivity contribution in [2.45, 2.75) is 12.5 Å². The van der Waals surface area contributed by atoms with Crippen molar-refractivity contribution in [1.29, 1.82) is 0 Å². The Balaban J connectivity index is 2.78. The van der Waals surface area contributed by atoms with Crippen LogP contribution in [0, 0.1) is 10.1 Å². The number of halogens is 3. The monoisotopic (exact) mass is 338 g/mol. The molecule has 1 aromatic carbocycles. The number of carbonyl (C=O) groups is 1. The molecule has 0 fully saturated rings. The van der Waals surface area contributed by atoms with Gasteiger partial charge >= 0.3 is 0 Å². The van der Waals surface area contributed by atoms with E-state index in [0.717, 1.165) is 6.07 Å². The molecule has 1 unspecified atom stereocenters. The van der Waals surface area contributed by atoms with Gasteiger partial charge in [-0.2, -0.15) is 0 Å². The Morgan fingerprint density at radius 1 is 1.53 bits per heavy atom. The number of benzene rings is 1. The number of hydrogen-bond donors (Lipinski definition) is 2. The Morgan fingerprint density at radius 2 is 2.16 bits per heavy atom. The molecule has 6 nitrogen and oxygen atoms in total. The van der Waals surface area contributed by atoms with Gasteiger partial charge in [-0.05, 0) is 28.1 Å². The molecule has 104 valence electrons. The van der Waals surface area contributed by atoms with Crippen molar-refractivity contribution in [2.24, 2.45) is 0 Å². The van der Waals surface area contributed by atoms with Crippen LogP contribution in [0.4, 0.5) is 14.5 Å². The molecule has 2 N–H and O–H groups in total. The summed E-state index contributed by atoms with van der Waals surface area (Å²) in [4.78, 5) is 21.5. The van der Waals surface area contributed by atoms with Crippen LogP contribution in [-0.4, -0.2) is 35.0 Å². The van der Waals surface area contributed by atoms with Crippen LogP contribution >= 0.6 is 15.9 Å². The average Bonchev–Trinajstić information content (AvgIpc) is 2.35. The fourth-order valence-electron chi connectivity index (χ4n) is 1.18. The first-order chi connectivity index (χ1) is 8.82. The molecule has 0 heterocycles. The van der Waals surface area contributed by atoms with Crippen molar-refractivity contribution in [3.63, 3.8) is 0 Å². The number of nitro groups is 1. The predicted octanol–water partition coefficient (Wildman–Crippen LogP) is 1.71. The Kier molecular flexibility index (Phi) is 5.31. The number of aliphatic hydroxyl groups excluding tert-OH is 1. The Morgan fingerprint density at radius 3 is 2.68 bits per heavy atom. The lowest BCUT2D eigenvalue weighted by atomic mass is 10.2. The summed E-state index contributed by atoms with van der Waals surface area (Å²) >= 11 is 2.95. The molecule has 1 amide bonds. The van der Waals surface area contributed by atoms with Gasteiger partial charge in [0.1, 0.15) is 6.10 Å². The third-order valence-corrected chi connectivity index (χ3v) is 2.84. The van der Waals surface area contributed by atoms with E-state index in [1.54, 1.807) is 0 Å². The summed E-state index contributed by atoms with van der Waals surface area (Å²) in [6.45, 7) is -0.639. The molecule has 0 radical (unpaired) electrons. The van der Waals surface area contributed by atoms with Crippen LogP contribution in [0.1, 0.15) is 10.4 Å². The maximum atomic E-state index is 12.0. The minimum atomic E-state index is -2.97.